The van der Waals surface area contributed by atoms with Gasteiger partial charge in [-0.2, -0.15) is 0 Å². The maximum atomic E-state index is 13.2. The van der Waals surface area contributed by atoms with Crippen LogP contribution >= 0.6 is 0 Å². The lowest BCUT2D eigenvalue weighted by molar-refractivity contribution is -0.145. The number of amides is 2. The molecule has 0 saturated heterocycles. The number of carbonyl (C=O) groups excluding carboxylic acids is 2. The van der Waals surface area contributed by atoms with Gasteiger partial charge in [-0.1, -0.05) is 54.6 Å². The van der Waals surface area contributed by atoms with Gasteiger partial charge in [0, 0.05) is 19.0 Å². The zero-order chi connectivity index (χ0) is 25.4. The first-order chi connectivity index (χ1) is 16.8. The van der Waals surface area contributed by atoms with E-state index in [4.69, 9.17) is 4.74 Å². The fourth-order valence-electron chi connectivity index (χ4n) is 4.30. The monoisotopic (exact) mass is 479 g/mol. The number of ether oxygens (including phenoxy) is 1. The van der Waals surface area contributed by atoms with Gasteiger partial charge in [0.1, 0.15) is 19.2 Å². The highest BCUT2D eigenvalue weighted by Crippen LogP contribution is 2.44. The van der Waals surface area contributed by atoms with Crippen molar-refractivity contribution in [1.29, 1.82) is 0 Å². The average Bonchev–Trinajstić information content (AvgIpc) is 3.16. The molecular weight excluding hydrogens is 446 g/mol. The fourth-order valence-corrected chi connectivity index (χ4v) is 4.30. The van der Waals surface area contributed by atoms with Crippen molar-refractivity contribution in [1.82, 2.24) is 15.1 Å². The van der Waals surface area contributed by atoms with Gasteiger partial charge in [0.25, 0.3) is 0 Å². The minimum absolute atomic E-state index is 0.0981. The van der Waals surface area contributed by atoms with Crippen molar-refractivity contribution < 1.29 is 24.2 Å². The number of allylic oxidation sites excluding steroid dienone is 1. The van der Waals surface area contributed by atoms with Crippen molar-refractivity contribution in [2.24, 2.45) is 0 Å². The topological polar surface area (TPSA) is 99.2 Å². The Bertz CT molecular complexity index is 1020. The van der Waals surface area contributed by atoms with Crippen LogP contribution in [0.1, 0.15) is 29.9 Å². The number of alkyl carbamates (subject to hydrolysis) is 1. The van der Waals surface area contributed by atoms with Crippen LogP contribution in [-0.4, -0.2) is 79.3 Å². The van der Waals surface area contributed by atoms with E-state index in [1.807, 2.05) is 55.4 Å². The SMILES string of the molecule is C=CCCC(NC(=O)OCC1c2ccccc2-c2ccccc21)C(=O)N(CCN(C)C)CC(=O)O. The second-order valence-corrected chi connectivity index (χ2v) is 8.85. The summed E-state index contributed by atoms with van der Waals surface area (Å²) in [7, 11) is 3.68. The molecule has 0 aliphatic heterocycles. The van der Waals surface area contributed by atoms with Gasteiger partial charge in [0.15, 0.2) is 0 Å². The number of rotatable bonds is 12. The molecule has 0 bridgehead atoms. The molecule has 0 aromatic heterocycles. The predicted octanol–water partition coefficient (Wildman–Crippen LogP) is 3.33. The van der Waals surface area contributed by atoms with Crippen molar-refractivity contribution in [3.8, 4) is 11.1 Å². The molecule has 3 rings (SSSR count). The fraction of sp³-hybridized carbons (Fsp3) is 0.370. The number of aliphatic carboxylic acids is 1. The van der Waals surface area contributed by atoms with E-state index in [9.17, 15) is 19.5 Å². The summed E-state index contributed by atoms with van der Waals surface area (Å²) in [6, 6.07) is 15.2. The smallest absolute Gasteiger partial charge is 0.407 e. The summed E-state index contributed by atoms with van der Waals surface area (Å²) in [6.45, 7) is 4.10. The van der Waals surface area contributed by atoms with Crippen molar-refractivity contribution in [2.45, 2.75) is 24.8 Å². The Hall–Kier alpha value is -3.65. The van der Waals surface area contributed by atoms with E-state index in [1.54, 1.807) is 6.08 Å². The molecule has 0 saturated carbocycles. The lowest BCUT2D eigenvalue weighted by Gasteiger charge is -2.27. The van der Waals surface area contributed by atoms with Crippen LogP contribution in [0.2, 0.25) is 0 Å². The molecule has 8 nitrogen and oxygen atoms in total. The van der Waals surface area contributed by atoms with Crippen LogP contribution < -0.4 is 5.32 Å². The number of carboxylic acid groups (broad SMARTS) is 1. The van der Waals surface area contributed by atoms with Gasteiger partial charge in [0.05, 0.1) is 0 Å². The normalized spacial score (nSPS) is 13.0. The lowest BCUT2D eigenvalue weighted by Crippen LogP contribution is -2.51. The number of hydrogen-bond donors (Lipinski definition) is 2. The van der Waals surface area contributed by atoms with E-state index in [1.165, 1.54) is 4.90 Å². The molecule has 0 fully saturated rings. The molecule has 186 valence electrons. The molecule has 1 unspecified atom stereocenters. The molecular formula is C27H33N3O5. The van der Waals surface area contributed by atoms with E-state index < -0.39 is 30.6 Å². The molecule has 0 heterocycles. The Kier molecular flexibility index (Phi) is 9.03. The number of nitrogens with one attached hydrogen (secondary N) is 1. The molecule has 1 aliphatic rings. The predicted molar refractivity (Wildman–Crippen MR) is 134 cm³/mol. The molecule has 2 aromatic rings. The van der Waals surface area contributed by atoms with Gasteiger partial charge in [-0.05, 0) is 49.2 Å². The van der Waals surface area contributed by atoms with Crippen molar-refractivity contribution >= 4 is 18.0 Å². The summed E-state index contributed by atoms with van der Waals surface area (Å²) >= 11 is 0. The zero-order valence-electron chi connectivity index (χ0n) is 20.3. The Morgan fingerprint density at radius 3 is 2.20 bits per heavy atom. The molecule has 1 aliphatic carbocycles. The van der Waals surface area contributed by atoms with Crippen LogP contribution in [-0.2, 0) is 14.3 Å². The second-order valence-electron chi connectivity index (χ2n) is 8.85. The van der Waals surface area contributed by atoms with Gasteiger partial charge >= 0.3 is 12.1 Å². The summed E-state index contributed by atoms with van der Waals surface area (Å²) < 4.78 is 5.59. The van der Waals surface area contributed by atoms with Crippen LogP contribution in [0.4, 0.5) is 4.79 Å². The van der Waals surface area contributed by atoms with Crippen molar-refractivity contribution in [3.63, 3.8) is 0 Å². The van der Waals surface area contributed by atoms with Crippen molar-refractivity contribution in [3.05, 3.63) is 72.3 Å². The molecule has 8 heteroatoms. The third kappa shape index (κ3) is 6.70. The molecule has 2 N–H and O–H groups in total. The summed E-state index contributed by atoms with van der Waals surface area (Å²) in [4.78, 5) is 40.4. The quantitative estimate of drug-likeness (QED) is 0.453. The van der Waals surface area contributed by atoms with Gasteiger partial charge in [-0.3, -0.25) is 9.59 Å². The molecule has 2 aromatic carbocycles. The second kappa shape index (κ2) is 12.2. The first-order valence-corrected chi connectivity index (χ1v) is 11.7. The molecule has 0 spiro atoms. The number of benzene rings is 2. The largest absolute Gasteiger partial charge is 0.480 e. The zero-order valence-corrected chi connectivity index (χ0v) is 20.3. The van der Waals surface area contributed by atoms with Crippen LogP contribution in [0, 0.1) is 0 Å². The van der Waals surface area contributed by atoms with Gasteiger partial charge in [-0.15, -0.1) is 6.58 Å². The van der Waals surface area contributed by atoms with Crippen LogP contribution in [0.5, 0.6) is 0 Å². The average molecular weight is 480 g/mol. The minimum atomic E-state index is -1.11. The van der Waals surface area contributed by atoms with E-state index in [-0.39, 0.29) is 19.1 Å². The first-order valence-electron chi connectivity index (χ1n) is 11.7. The van der Waals surface area contributed by atoms with Gasteiger partial charge in [0.2, 0.25) is 5.91 Å². The highest BCUT2D eigenvalue weighted by molar-refractivity contribution is 5.88. The summed E-state index contributed by atoms with van der Waals surface area (Å²) in [5.41, 5.74) is 4.44. The van der Waals surface area contributed by atoms with E-state index >= 15 is 0 Å². The third-order valence-electron chi connectivity index (χ3n) is 6.05. The Morgan fingerprint density at radius 1 is 1.06 bits per heavy atom. The Balaban J connectivity index is 1.69. The number of carboxylic acids is 1. The van der Waals surface area contributed by atoms with E-state index in [0.29, 0.717) is 19.4 Å². The van der Waals surface area contributed by atoms with Crippen molar-refractivity contribution in [2.75, 3.05) is 40.3 Å². The third-order valence-corrected chi connectivity index (χ3v) is 6.05. The Labute approximate surface area is 206 Å². The summed E-state index contributed by atoms with van der Waals surface area (Å²) in [6.07, 6.45) is 1.72. The van der Waals surface area contributed by atoms with Gasteiger partial charge < -0.3 is 25.0 Å². The standard InChI is InChI=1S/C27H33N3O5/c1-4-5-14-24(26(33)30(17-25(31)32)16-15-29(2)3)28-27(34)35-18-23-21-12-8-6-10-19(21)20-11-7-9-13-22(20)23/h4,6-13,23-24H,1,5,14-18H2,2-3H3,(H,28,34)(H,31,32). The van der Waals surface area contributed by atoms with Crippen LogP contribution in [0.3, 0.4) is 0 Å². The van der Waals surface area contributed by atoms with Gasteiger partial charge in [-0.25, -0.2) is 4.79 Å². The van der Waals surface area contributed by atoms with E-state index in [0.717, 1.165) is 22.3 Å². The Morgan fingerprint density at radius 2 is 1.66 bits per heavy atom. The number of hydrogen-bond acceptors (Lipinski definition) is 5. The van der Waals surface area contributed by atoms with E-state index in [2.05, 4.69) is 24.0 Å². The number of likely N-dealkylation sites (N-methyl/N-ethyl adjacent to an activating group) is 1. The summed E-state index contributed by atoms with van der Waals surface area (Å²) in [5, 5.41) is 11.9. The maximum absolute atomic E-state index is 13.2. The van der Waals surface area contributed by atoms with Crippen LogP contribution in [0.15, 0.2) is 61.2 Å². The number of nitrogens with zero attached hydrogens (tertiary/aromatic N) is 2. The van der Waals surface area contributed by atoms with Crippen LogP contribution in [0.25, 0.3) is 11.1 Å². The molecule has 2 amide bonds. The molecule has 35 heavy (non-hydrogen) atoms. The number of fused-ring (bicyclic) bond motifs is 3. The highest BCUT2D eigenvalue weighted by atomic mass is 16.5. The number of carbonyl (C=O) groups is 3. The minimum Gasteiger partial charge on any atom is -0.480 e. The molecule has 1 atom stereocenters. The maximum Gasteiger partial charge on any atom is 0.407 e. The summed E-state index contributed by atoms with van der Waals surface area (Å²) in [5.74, 6) is -1.66. The highest BCUT2D eigenvalue weighted by Gasteiger charge is 2.31. The first kappa shape index (κ1) is 26.0. The lowest BCUT2D eigenvalue weighted by atomic mass is 9.98. The molecule has 0 radical (unpaired) electrons.